The van der Waals surface area contributed by atoms with Crippen LogP contribution in [-0.2, 0) is 11.3 Å². The first-order valence-corrected chi connectivity index (χ1v) is 7.21. The van der Waals surface area contributed by atoms with Crippen molar-refractivity contribution in [2.75, 3.05) is 32.0 Å². The molecule has 0 unspecified atom stereocenters. The van der Waals surface area contributed by atoms with Gasteiger partial charge >= 0.3 is 0 Å². The quantitative estimate of drug-likeness (QED) is 0.835. The second-order valence-corrected chi connectivity index (χ2v) is 5.09. The van der Waals surface area contributed by atoms with E-state index < -0.39 is 0 Å². The Morgan fingerprint density at radius 1 is 1.35 bits per heavy atom. The molecule has 20 heavy (non-hydrogen) atoms. The lowest BCUT2D eigenvalue weighted by Crippen LogP contribution is -2.39. The Morgan fingerprint density at radius 3 is 2.65 bits per heavy atom. The van der Waals surface area contributed by atoms with Gasteiger partial charge in [-0.1, -0.05) is 0 Å². The molecule has 1 aromatic heterocycles. The second-order valence-electron chi connectivity index (χ2n) is 5.09. The van der Waals surface area contributed by atoms with Gasteiger partial charge < -0.3 is 10.6 Å². The molecule has 0 radical (unpaired) electrons. The van der Waals surface area contributed by atoms with Gasteiger partial charge in [0.2, 0.25) is 5.91 Å². The molecule has 0 spiro atoms. The normalized spacial score (nSPS) is 16.9. The molecule has 1 aromatic rings. The topological polar surface area (TPSA) is 70.2 Å². The number of nitrogens with zero attached hydrogens (tertiary/aromatic N) is 3. The molecule has 0 bridgehead atoms. The summed E-state index contributed by atoms with van der Waals surface area (Å²) < 4.78 is 0. The monoisotopic (exact) mass is 277 g/mol. The third-order valence-electron chi connectivity index (χ3n) is 3.65. The van der Waals surface area contributed by atoms with E-state index in [4.69, 9.17) is 0 Å². The number of piperidine rings is 1. The van der Waals surface area contributed by atoms with E-state index in [0.29, 0.717) is 0 Å². The van der Waals surface area contributed by atoms with Gasteiger partial charge in [0.15, 0.2) is 0 Å². The summed E-state index contributed by atoms with van der Waals surface area (Å²) >= 11 is 0. The molecule has 0 atom stereocenters. The predicted molar refractivity (Wildman–Crippen MR) is 78.3 cm³/mol. The standard InChI is InChI=1S/C14H23N5O/c1-3-16-13-9-17-12(8-18-13)10-19-6-4-11(5-7-19)14(20)15-2/h8-9,11H,3-7,10H2,1-2H3,(H,15,20)(H,16,18). The van der Waals surface area contributed by atoms with Crippen LogP contribution in [0.2, 0.25) is 0 Å². The van der Waals surface area contributed by atoms with Crippen molar-refractivity contribution < 1.29 is 4.79 Å². The Kier molecular flexibility index (Phi) is 5.29. The Bertz CT molecular complexity index is 426. The molecule has 6 nitrogen and oxygen atoms in total. The first-order chi connectivity index (χ1) is 9.72. The highest BCUT2D eigenvalue weighted by atomic mass is 16.1. The van der Waals surface area contributed by atoms with Crippen molar-refractivity contribution in [3.8, 4) is 0 Å². The summed E-state index contributed by atoms with van der Waals surface area (Å²) in [6, 6.07) is 0. The zero-order valence-electron chi connectivity index (χ0n) is 12.2. The van der Waals surface area contributed by atoms with Gasteiger partial charge in [0.05, 0.1) is 18.1 Å². The molecule has 1 aliphatic rings. The van der Waals surface area contributed by atoms with Gasteiger partial charge in [-0.3, -0.25) is 14.7 Å². The van der Waals surface area contributed by atoms with Gasteiger partial charge in [-0.25, -0.2) is 4.98 Å². The van der Waals surface area contributed by atoms with Crippen LogP contribution in [0.15, 0.2) is 12.4 Å². The number of nitrogens with one attached hydrogen (secondary N) is 2. The fourth-order valence-corrected chi connectivity index (χ4v) is 2.50. The fraction of sp³-hybridized carbons (Fsp3) is 0.643. The summed E-state index contributed by atoms with van der Waals surface area (Å²) in [6.07, 6.45) is 5.43. The van der Waals surface area contributed by atoms with Crippen LogP contribution in [-0.4, -0.2) is 47.5 Å². The molecular weight excluding hydrogens is 254 g/mol. The van der Waals surface area contributed by atoms with Crippen molar-refractivity contribution in [1.29, 1.82) is 0 Å². The van der Waals surface area contributed by atoms with E-state index >= 15 is 0 Å². The molecule has 110 valence electrons. The smallest absolute Gasteiger partial charge is 0.222 e. The molecule has 2 N–H and O–H groups in total. The third kappa shape index (κ3) is 3.90. The molecule has 1 amide bonds. The molecule has 1 aliphatic heterocycles. The van der Waals surface area contributed by atoms with Crippen LogP contribution < -0.4 is 10.6 Å². The summed E-state index contributed by atoms with van der Waals surface area (Å²) in [5.41, 5.74) is 0.977. The highest BCUT2D eigenvalue weighted by Gasteiger charge is 2.24. The van der Waals surface area contributed by atoms with Crippen molar-refractivity contribution in [3.05, 3.63) is 18.1 Å². The van der Waals surface area contributed by atoms with Crippen molar-refractivity contribution in [1.82, 2.24) is 20.2 Å². The van der Waals surface area contributed by atoms with Crippen LogP contribution in [0.5, 0.6) is 0 Å². The first-order valence-electron chi connectivity index (χ1n) is 7.21. The largest absolute Gasteiger partial charge is 0.369 e. The average Bonchev–Trinajstić information content (AvgIpc) is 2.49. The number of anilines is 1. The van der Waals surface area contributed by atoms with E-state index in [9.17, 15) is 4.79 Å². The molecule has 0 saturated carbocycles. The van der Waals surface area contributed by atoms with Gasteiger partial charge in [-0.15, -0.1) is 0 Å². The molecule has 6 heteroatoms. The molecule has 2 heterocycles. The van der Waals surface area contributed by atoms with Gasteiger partial charge in [0.1, 0.15) is 5.82 Å². The Morgan fingerprint density at radius 2 is 2.10 bits per heavy atom. The lowest BCUT2D eigenvalue weighted by Gasteiger charge is -2.30. The van der Waals surface area contributed by atoms with Crippen molar-refractivity contribution in [2.24, 2.45) is 5.92 Å². The van der Waals surface area contributed by atoms with E-state index in [1.807, 2.05) is 13.1 Å². The maximum Gasteiger partial charge on any atom is 0.222 e. The summed E-state index contributed by atoms with van der Waals surface area (Å²) in [7, 11) is 1.70. The van der Waals surface area contributed by atoms with Crippen LogP contribution in [0.25, 0.3) is 0 Å². The minimum atomic E-state index is 0.165. The minimum Gasteiger partial charge on any atom is -0.369 e. The Balaban J connectivity index is 1.81. The fourth-order valence-electron chi connectivity index (χ4n) is 2.50. The summed E-state index contributed by atoms with van der Waals surface area (Å²) in [6.45, 7) is 5.57. The molecule has 2 rings (SSSR count). The predicted octanol–water partition coefficient (Wildman–Crippen LogP) is 0.866. The molecule has 1 fully saturated rings. The summed E-state index contributed by atoms with van der Waals surface area (Å²) in [5.74, 6) is 1.15. The maximum atomic E-state index is 11.6. The zero-order chi connectivity index (χ0) is 14.4. The van der Waals surface area contributed by atoms with Crippen LogP contribution in [0.4, 0.5) is 5.82 Å². The van der Waals surface area contributed by atoms with Gasteiger partial charge in [0.25, 0.3) is 0 Å². The van der Waals surface area contributed by atoms with Gasteiger partial charge in [0, 0.05) is 26.1 Å². The van der Waals surface area contributed by atoms with Crippen LogP contribution >= 0.6 is 0 Å². The molecular formula is C14H23N5O. The summed E-state index contributed by atoms with van der Waals surface area (Å²) in [4.78, 5) is 22.6. The van der Waals surface area contributed by atoms with Gasteiger partial charge in [-0.05, 0) is 32.9 Å². The lowest BCUT2D eigenvalue weighted by atomic mass is 9.96. The number of carbonyl (C=O) groups excluding carboxylic acids is 1. The van der Waals surface area contributed by atoms with Crippen molar-refractivity contribution in [2.45, 2.75) is 26.3 Å². The Labute approximate surface area is 120 Å². The number of amides is 1. The molecule has 1 saturated heterocycles. The number of hydrogen-bond acceptors (Lipinski definition) is 5. The number of aromatic nitrogens is 2. The van der Waals surface area contributed by atoms with E-state index in [1.54, 1.807) is 13.2 Å². The van der Waals surface area contributed by atoms with Crippen LogP contribution in [0.1, 0.15) is 25.5 Å². The SMILES string of the molecule is CCNc1cnc(CN2CCC(C(=O)NC)CC2)cn1. The zero-order valence-corrected chi connectivity index (χ0v) is 12.2. The number of carbonyl (C=O) groups is 1. The lowest BCUT2D eigenvalue weighted by molar-refractivity contribution is -0.125. The van der Waals surface area contributed by atoms with E-state index in [1.165, 1.54) is 0 Å². The maximum absolute atomic E-state index is 11.6. The van der Waals surface area contributed by atoms with E-state index in [2.05, 4.69) is 25.5 Å². The third-order valence-corrected chi connectivity index (χ3v) is 3.65. The second kappa shape index (κ2) is 7.19. The number of rotatable bonds is 5. The van der Waals surface area contributed by atoms with E-state index in [0.717, 1.165) is 50.5 Å². The van der Waals surface area contributed by atoms with Crippen LogP contribution in [0.3, 0.4) is 0 Å². The molecule has 0 aromatic carbocycles. The van der Waals surface area contributed by atoms with Gasteiger partial charge in [-0.2, -0.15) is 0 Å². The first kappa shape index (κ1) is 14.7. The highest BCUT2D eigenvalue weighted by molar-refractivity contribution is 5.78. The highest BCUT2D eigenvalue weighted by Crippen LogP contribution is 2.18. The van der Waals surface area contributed by atoms with Crippen LogP contribution in [0, 0.1) is 5.92 Å². The number of likely N-dealkylation sites (tertiary alicyclic amines) is 1. The van der Waals surface area contributed by atoms with E-state index in [-0.39, 0.29) is 11.8 Å². The van der Waals surface area contributed by atoms with Crippen molar-refractivity contribution >= 4 is 11.7 Å². The summed E-state index contributed by atoms with van der Waals surface area (Å²) in [5, 5.41) is 5.86. The van der Waals surface area contributed by atoms with Crippen molar-refractivity contribution in [3.63, 3.8) is 0 Å². The average molecular weight is 277 g/mol. The molecule has 0 aliphatic carbocycles. The number of hydrogen-bond donors (Lipinski definition) is 2. The Hall–Kier alpha value is -1.69. The minimum absolute atomic E-state index is 0.165.